The Morgan fingerprint density at radius 2 is 1.73 bits per heavy atom. The van der Waals surface area contributed by atoms with E-state index in [2.05, 4.69) is 13.8 Å². The van der Waals surface area contributed by atoms with Gasteiger partial charge in [-0.2, -0.15) is 0 Å². The highest BCUT2D eigenvalue weighted by Crippen LogP contribution is 2.08. The molecule has 0 aliphatic carbocycles. The number of Topliss-reactive ketones (excluding diaryl/α,β-unsaturated/α-hetero) is 1. The fraction of sp³-hybridized carbons (Fsp3) is 0.385. The molecule has 0 fully saturated rings. The van der Waals surface area contributed by atoms with Crippen molar-refractivity contribution in [3.63, 3.8) is 0 Å². The highest BCUT2D eigenvalue weighted by atomic mass is 16.1. The lowest BCUT2D eigenvalue weighted by atomic mass is 10.0. The molecule has 1 rings (SSSR count). The van der Waals surface area contributed by atoms with Crippen LogP contribution in [0.3, 0.4) is 0 Å². The van der Waals surface area contributed by atoms with Gasteiger partial charge in [0.15, 0.2) is 5.78 Å². The van der Waals surface area contributed by atoms with Crippen LogP contribution in [0.25, 0.3) is 0 Å². The van der Waals surface area contributed by atoms with E-state index in [1.54, 1.807) is 0 Å². The fourth-order valence-corrected chi connectivity index (χ4v) is 1.11. The third kappa shape index (κ3) is 6.61. The van der Waals surface area contributed by atoms with Crippen molar-refractivity contribution in [2.75, 3.05) is 0 Å². The van der Waals surface area contributed by atoms with Gasteiger partial charge in [-0.15, -0.1) is 0 Å². The Labute approximate surface area is 91.3 Å². The number of benzene rings is 1. The maximum atomic E-state index is 11.5. The van der Waals surface area contributed by atoms with Gasteiger partial charge >= 0.3 is 0 Å². The van der Waals surface area contributed by atoms with E-state index < -0.39 is 0 Å². The molecule has 1 aromatic carbocycles. The van der Waals surface area contributed by atoms with E-state index >= 15 is 0 Å². The Morgan fingerprint density at radius 1 is 1.27 bits per heavy atom. The molecule has 15 heavy (non-hydrogen) atoms. The summed E-state index contributed by atoms with van der Waals surface area (Å²) < 4.78 is 0. The van der Waals surface area contributed by atoms with Gasteiger partial charge in [0.2, 0.25) is 0 Å². The summed E-state index contributed by atoms with van der Waals surface area (Å²) in [4.78, 5) is 20.3. The molecular weight excluding hydrogens is 188 g/mol. The van der Waals surface area contributed by atoms with E-state index in [-0.39, 0.29) is 5.78 Å². The van der Waals surface area contributed by atoms with Gasteiger partial charge in [-0.05, 0) is 12.8 Å². The summed E-state index contributed by atoms with van der Waals surface area (Å²) in [6, 6.07) is 9.45. The Hall–Kier alpha value is -1.44. The van der Waals surface area contributed by atoms with Gasteiger partial charge in [0.25, 0.3) is 0 Å². The monoisotopic (exact) mass is 206 g/mol. The molecule has 0 spiro atoms. The molecule has 0 amide bonds. The van der Waals surface area contributed by atoms with Crippen LogP contribution in [0.15, 0.2) is 30.3 Å². The molecule has 2 heteroatoms. The largest absolute Gasteiger partial charge is 0.304 e. The molecule has 0 heterocycles. The smallest absolute Gasteiger partial charge is 0.163 e. The highest BCUT2D eigenvalue weighted by molar-refractivity contribution is 5.96. The van der Waals surface area contributed by atoms with Crippen molar-refractivity contribution >= 4 is 12.1 Å². The maximum Gasteiger partial charge on any atom is 0.163 e. The van der Waals surface area contributed by atoms with Crippen LogP contribution in [0.1, 0.15) is 37.6 Å². The van der Waals surface area contributed by atoms with Crippen LogP contribution < -0.4 is 0 Å². The van der Waals surface area contributed by atoms with Gasteiger partial charge in [-0.1, -0.05) is 44.2 Å². The summed E-state index contributed by atoms with van der Waals surface area (Å²) in [5, 5.41) is 0. The van der Waals surface area contributed by atoms with Crippen LogP contribution >= 0.6 is 0 Å². The summed E-state index contributed by atoms with van der Waals surface area (Å²) in [5.74, 6) is 0.684. The first kappa shape index (κ1) is 13.6. The Bertz CT molecular complexity index is 289. The molecule has 82 valence electrons. The van der Waals surface area contributed by atoms with Crippen LogP contribution in [0.5, 0.6) is 0 Å². The van der Waals surface area contributed by atoms with Gasteiger partial charge in [0, 0.05) is 12.0 Å². The summed E-state index contributed by atoms with van der Waals surface area (Å²) in [6.45, 7) is 5.56. The van der Waals surface area contributed by atoms with E-state index in [4.69, 9.17) is 4.79 Å². The van der Waals surface area contributed by atoms with E-state index in [9.17, 15) is 4.79 Å². The average Bonchev–Trinajstić information content (AvgIpc) is 2.19. The minimum atomic E-state index is 0.241. The van der Waals surface area contributed by atoms with Crippen LogP contribution in [0.2, 0.25) is 0 Å². The van der Waals surface area contributed by atoms with Gasteiger partial charge < -0.3 is 4.79 Å². The third-order valence-corrected chi connectivity index (χ3v) is 1.69. The second kappa shape index (κ2) is 7.92. The van der Waals surface area contributed by atoms with Crippen LogP contribution in [-0.2, 0) is 4.79 Å². The number of hydrogen-bond donors (Lipinski definition) is 0. The van der Waals surface area contributed by atoms with Crippen molar-refractivity contribution in [3.8, 4) is 0 Å². The number of aldehydes is 1. The van der Waals surface area contributed by atoms with Crippen molar-refractivity contribution in [2.45, 2.75) is 27.2 Å². The van der Waals surface area contributed by atoms with Crippen molar-refractivity contribution < 1.29 is 9.59 Å². The molecule has 0 unspecified atom stereocenters. The summed E-state index contributed by atoms with van der Waals surface area (Å²) in [7, 11) is 0. The van der Waals surface area contributed by atoms with Gasteiger partial charge in [0.05, 0.1) is 0 Å². The second-order valence-corrected chi connectivity index (χ2v) is 3.62. The zero-order valence-corrected chi connectivity index (χ0v) is 9.57. The SMILES string of the molecule is CC(C)CC(=O)c1ccccc1.CC=O. The fourth-order valence-electron chi connectivity index (χ4n) is 1.11. The molecule has 1 aromatic rings. The third-order valence-electron chi connectivity index (χ3n) is 1.69. The van der Waals surface area contributed by atoms with Crippen molar-refractivity contribution in [2.24, 2.45) is 5.92 Å². The zero-order valence-electron chi connectivity index (χ0n) is 9.57. The predicted octanol–water partition coefficient (Wildman–Crippen LogP) is 3.12. The Balaban J connectivity index is 0.000000583. The Kier molecular flexibility index (Phi) is 7.16. The summed E-state index contributed by atoms with van der Waals surface area (Å²) in [5.41, 5.74) is 0.825. The van der Waals surface area contributed by atoms with Gasteiger partial charge in [0.1, 0.15) is 6.29 Å². The molecule has 0 atom stereocenters. The molecule has 0 saturated carbocycles. The molecule has 0 radical (unpaired) electrons. The molecule has 0 bridgehead atoms. The molecule has 0 saturated heterocycles. The predicted molar refractivity (Wildman–Crippen MR) is 62.0 cm³/mol. The van der Waals surface area contributed by atoms with E-state index in [0.29, 0.717) is 12.3 Å². The van der Waals surface area contributed by atoms with Crippen molar-refractivity contribution in [1.29, 1.82) is 0 Å². The first-order valence-corrected chi connectivity index (χ1v) is 5.09. The van der Waals surface area contributed by atoms with Crippen LogP contribution in [-0.4, -0.2) is 12.1 Å². The molecular formula is C13H18O2. The lowest BCUT2D eigenvalue weighted by Crippen LogP contribution is -2.02. The van der Waals surface area contributed by atoms with Crippen LogP contribution in [0, 0.1) is 5.92 Å². The van der Waals surface area contributed by atoms with Crippen molar-refractivity contribution in [3.05, 3.63) is 35.9 Å². The second-order valence-electron chi connectivity index (χ2n) is 3.62. The molecule has 0 aliphatic heterocycles. The molecule has 2 nitrogen and oxygen atoms in total. The van der Waals surface area contributed by atoms with Gasteiger partial charge in [-0.25, -0.2) is 0 Å². The minimum Gasteiger partial charge on any atom is -0.304 e. The number of carbonyl (C=O) groups excluding carboxylic acids is 2. The lowest BCUT2D eigenvalue weighted by molar-refractivity contribution is -0.106. The first-order chi connectivity index (χ1) is 7.11. The van der Waals surface area contributed by atoms with Crippen molar-refractivity contribution in [1.82, 2.24) is 0 Å². The highest BCUT2D eigenvalue weighted by Gasteiger charge is 2.06. The number of hydrogen-bond acceptors (Lipinski definition) is 2. The normalized spacial score (nSPS) is 9.07. The number of rotatable bonds is 3. The molecule has 0 aromatic heterocycles. The average molecular weight is 206 g/mol. The van der Waals surface area contributed by atoms with Crippen LogP contribution in [0.4, 0.5) is 0 Å². The lowest BCUT2D eigenvalue weighted by Gasteiger charge is -2.02. The minimum absolute atomic E-state index is 0.241. The number of ketones is 1. The van der Waals surface area contributed by atoms with Gasteiger partial charge in [-0.3, -0.25) is 4.79 Å². The zero-order chi connectivity index (χ0) is 11.7. The number of carbonyl (C=O) groups is 2. The summed E-state index contributed by atoms with van der Waals surface area (Å²) in [6.07, 6.45) is 1.39. The maximum absolute atomic E-state index is 11.5. The van der Waals surface area contributed by atoms with E-state index in [1.807, 2.05) is 30.3 Å². The van der Waals surface area contributed by atoms with E-state index in [1.165, 1.54) is 6.92 Å². The quantitative estimate of drug-likeness (QED) is 0.562. The summed E-state index contributed by atoms with van der Waals surface area (Å²) >= 11 is 0. The van der Waals surface area contributed by atoms with E-state index in [0.717, 1.165) is 11.8 Å². The molecule has 0 aliphatic rings. The molecule has 0 N–H and O–H groups in total. The first-order valence-electron chi connectivity index (χ1n) is 5.09. The Morgan fingerprint density at radius 3 is 2.13 bits per heavy atom. The standard InChI is InChI=1S/C11H14O.C2H4O/c1-9(2)8-11(12)10-6-4-3-5-7-10;1-2-3/h3-7,9H,8H2,1-2H3;2H,1H3. The topological polar surface area (TPSA) is 34.1 Å².